The molecular weight excluding hydrogens is 190 g/mol. The molecule has 0 bridgehead atoms. The fourth-order valence-corrected chi connectivity index (χ4v) is 0.526. The molecule has 0 aliphatic heterocycles. The highest BCUT2D eigenvalue weighted by atomic mass is 16.6. The van der Waals surface area contributed by atoms with Gasteiger partial charge in [-0.1, -0.05) is 6.58 Å². The van der Waals surface area contributed by atoms with Crippen molar-refractivity contribution in [3.8, 4) is 0 Å². The number of ether oxygens (including phenoxy) is 1. The van der Waals surface area contributed by atoms with Gasteiger partial charge in [-0.05, 0) is 6.92 Å². The quantitative estimate of drug-likeness (QED) is 0.358. The number of hydrogen-bond acceptors (Lipinski definition) is 5. The monoisotopic (exact) mass is 201 g/mol. The Morgan fingerprint density at radius 1 is 1.50 bits per heavy atom. The molecule has 3 N–H and O–H groups in total. The third kappa shape index (κ3) is 4.36. The lowest BCUT2D eigenvalue weighted by molar-refractivity contribution is -0.159. The summed E-state index contributed by atoms with van der Waals surface area (Å²) in [5.74, 6) is -3.21. The van der Waals surface area contributed by atoms with E-state index in [9.17, 15) is 14.4 Å². The molecule has 0 aromatic rings. The number of carboxylic acid groups (broad SMARTS) is 1. The van der Waals surface area contributed by atoms with E-state index in [0.717, 1.165) is 0 Å². The Kier molecular flexibility index (Phi) is 4.51. The average molecular weight is 201 g/mol. The predicted octanol–water partition coefficient (Wildman–Crippen LogP) is -0.566. The Hall–Kier alpha value is -1.69. The molecule has 0 amide bonds. The van der Waals surface area contributed by atoms with Crippen molar-refractivity contribution >= 4 is 17.9 Å². The van der Waals surface area contributed by atoms with E-state index in [-0.39, 0.29) is 5.57 Å². The number of hydrogen-bond donors (Lipinski definition) is 2. The molecule has 0 rings (SSSR count). The van der Waals surface area contributed by atoms with Crippen LogP contribution in [0.2, 0.25) is 0 Å². The van der Waals surface area contributed by atoms with Crippen molar-refractivity contribution in [1.82, 2.24) is 0 Å². The van der Waals surface area contributed by atoms with Crippen molar-refractivity contribution in [2.24, 2.45) is 5.73 Å². The molecule has 0 saturated heterocycles. The molecule has 1 atom stereocenters. The van der Waals surface area contributed by atoms with Crippen LogP contribution in [0.25, 0.3) is 0 Å². The highest BCUT2D eigenvalue weighted by Gasteiger charge is 2.21. The van der Waals surface area contributed by atoms with E-state index in [1.807, 2.05) is 0 Å². The van der Waals surface area contributed by atoms with E-state index in [2.05, 4.69) is 11.3 Å². The predicted molar refractivity (Wildman–Crippen MR) is 46.1 cm³/mol. The van der Waals surface area contributed by atoms with Gasteiger partial charge in [0, 0.05) is 5.57 Å². The van der Waals surface area contributed by atoms with Crippen LogP contribution in [0.5, 0.6) is 0 Å². The van der Waals surface area contributed by atoms with Crippen molar-refractivity contribution in [1.29, 1.82) is 0 Å². The lowest BCUT2D eigenvalue weighted by Gasteiger charge is -2.07. The summed E-state index contributed by atoms with van der Waals surface area (Å²) in [4.78, 5) is 31.9. The molecule has 0 heterocycles. The molecule has 78 valence electrons. The van der Waals surface area contributed by atoms with Crippen LogP contribution < -0.4 is 5.73 Å². The first-order valence-corrected chi connectivity index (χ1v) is 3.73. The van der Waals surface area contributed by atoms with Crippen LogP contribution >= 0.6 is 0 Å². The minimum Gasteiger partial charge on any atom is -0.481 e. The number of rotatable bonds is 4. The molecule has 0 aliphatic carbocycles. The van der Waals surface area contributed by atoms with Gasteiger partial charge in [0.1, 0.15) is 6.04 Å². The van der Waals surface area contributed by atoms with Crippen molar-refractivity contribution in [2.45, 2.75) is 19.4 Å². The summed E-state index contributed by atoms with van der Waals surface area (Å²) in [6.07, 6.45) is -0.581. The zero-order valence-electron chi connectivity index (χ0n) is 7.65. The first-order valence-electron chi connectivity index (χ1n) is 3.73. The molecular formula is C8H11NO5. The van der Waals surface area contributed by atoms with E-state index in [1.54, 1.807) is 0 Å². The molecule has 0 spiro atoms. The fraction of sp³-hybridized carbons (Fsp3) is 0.375. The molecule has 6 heteroatoms. The van der Waals surface area contributed by atoms with Gasteiger partial charge in [0.05, 0.1) is 6.42 Å². The van der Waals surface area contributed by atoms with Crippen molar-refractivity contribution < 1.29 is 24.2 Å². The maximum Gasteiger partial charge on any atom is 0.340 e. The van der Waals surface area contributed by atoms with Gasteiger partial charge in [-0.25, -0.2) is 9.59 Å². The van der Waals surface area contributed by atoms with Crippen LogP contribution in [-0.4, -0.2) is 29.1 Å². The second-order valence-electron chi connectivity index (χ2n) is 2.69. The summed E-state index contributed by atoms with van der Waals surface area (Å²) in [7, 11) is 0. The largest absolute Gasteiger partial charge is 0.481 e. The van der Waals surface area contributed by atoms with E-state index >= 15 is 0 Å². The van der Waals surface area contributed by atoms with Crippen LogP contribution in [-0.2, 0) is 19.1 Å². The fourth-order valence-electron chi connectivity index (χ4n) is 0.526. The molecule has 0 saturated carbocycles. The molecule has 0 aromatic carbocycles. The van der Waals surface area contributed by atoms with E-state index < -0.39 is 30.4 Å². The first kappa shape index (κ1) is 12.3. The minimum atomic E-state index is -1.34. The Balaban J connectivity index is 4.14. The minimum absolute atomic E-state index is 0.0425. The number of carbonyl (C=O) groups is 3. The van der Waals surface area contributed by atoms with Gasteiger partial charge in [0.15, 0.2) is 0 Å². The Morgan fingerprint density at radius 2 is 2.00 bits per heavy atom. The van der Waals surface area contributed by atoms with Gasteiger partial charge in [0.2, 0.25) is 0 Å². The second kappa shape index (κ2) is 5.13. The Labute approximate surface area is 80.3 Å². The van der Waals surface area contributed by atoms with Gasteiger partial charge in [-0.3, -0.25) is 4.79 Å². The highest BCUT2D eigenvalue weighted by molar-refractivity contribution is 5.97. The number of aliphatic carboxylic acids is 1. The van der Waals surface area contributed by atoms with Gasteiger partial charge in [0.25, 0.3) is 0 Å². The normalized spacial score (nSPS) is 11.6. The Bertz CT molecular complexity index is 283. The number of esters is 2. The van der Waals surface area contributed by atoms with Crippen LogP contribution in [0.4, 0.5) is 0 Å². The first-order chi connectivity index (χ1) is 6.34. The van der Waals surface area contributed by atoms with Gasteiger partial charge in [-0.15, -0.1) is 0 Å². The lowest BCUT2D eigenvalue weighted by Crippen LogP contribution is -2.35. The summed E-state index contributed by atoms with van der Waals surface area (Å²) in [6, 6.07) is -1.34. The molecule has 0 unspecified atom stereocenters. The van der Waals surface area contributed by atoms with Crippen LogP contribution in [0.3, 0.4) is 0 Å². The van der Waals surface area contributed by atoms with Crippen molar-refractivity contribution in [3.05, 3.63) is 12.2 Å². The zero-order chi connectivity index (χ0) is 11.3. The smallest absolute Gasteiger partial charge is 0.340 e. The van der Waals surface area contributed by atoms with E-state index in [1.165, 1.54) is 6.92 Å². The summed E-state index contributed by atoms with van der Waals surface area (Å²) in [6.45, 7) is 4.60. The highest BCUT2D eigenvalue weighted by Crippen LogP contribution is 1.97. The van der Waals surface area contributed by atoms with Gasteiger partial charge in [-0.2, -0.15) is 0 Å². The lowest BCUT2D eigenvalue weighted by atomic mass is 10.2. The second-order valence-corrected chi connectivity index (χ2v) is 2.69. The van der Waals surface area contributed by atoms with Crippen molar-refractivity contribution in [2.75, 3.05) is 0 Å². The molecule has 0 aliphatic rings. The molecule has 14 heavy (non-hydrogen) atoms. The summed E-state index contributed by atoms with van der Waals surface area (Å²) in [5.41, 5.74) is 5.17. The number of carbonyl (C=O) groups excluding carboxylic acids is 2. The van der Waals surface area contributed by atoms with Gasteiger partial charge >= 0.3 is 17.9 Å². The topological polar surface area (TPSA) is 107 Å². The van der Waals surface area contributed by atoms with E-state index in [0.29, 0.717) is 0 Å². The SMILES string of the molecule is C=C(C)C(=O)OC(=O)[C@@H](N)CC(=O)O. The summed E-state index contributed by atoms with van der Waals surface area (Å²) >= 11 is 0. The summed E-state index contributed by atoms with van der Waals surface area (Å²) < 4.78 is 4.21. The standard InChI is InChI=1S/C8H11NO5/c1-4(2)7(12)14-8(13)5(9)3-6(10)11/h5H,1,3,9H2,2H3,(H,10,11)/t5-/m0/s1. The van der Waals surface area contributed by atoms with Crippen LogP contribution in [0.1, 0.15) is 13.3 Å². The zero-order valence-corrected chi connectivity index (χ0v) is 7.65. The van der Waals surface area contributed by atoms with Crippen LogP contribution in [0, 0.1) is 0 Å². The average Bonchev–Trinajstić information content (AvgIpc) is 2.02. The molecule has 6 nitrogen and oxygen atoms in total. The third-order valence-corrected chi connectivity index (χ3v) is 1.24. The summed E-state index contributed by atoms with van der Waals surface area (Å²) in [5, 5.41) is 8.29. The van der Waals surface area contributed by atoms with Crippen molar-refractivity contribution in [3.63, 3.8) is 0 Å². The number of nitrogens with two attached hydrogens (primary N) is 1. The maximum atomic E-state index is 10.9. The third-order valence-electron chi connectivity index (χ3n) is 1.24. The molecule has 0 radical (unpaired) electrons. The number of carboxylic acids is 1. The van der Waals surface area contributed by atoms with Crippen LogP contribution in [0.15, 0.2) is 12.2 Å². The molecule has 0 fully saturated rings. The Morgan fingerprint density at radius 3 is 2.36 bits per heavy atom. The van der Waals surface area contributed by atoms with E-state index in [4.69, 9.17) is 10.8 Å². The molecule has 0 aromatic heterocycles. The van der Waals surface area contributed by atoms with Gasteiger partial charge < -0.3 is 15.6 Å². The maximum absolute atomic E-state index is 10.9.